The third-order valence-electron chi connectivity index (χ3n) is 2.76. The highest BCUT2D eigenvalue weighted by molar-refractivity contribution is 5.22. The fourth-order valence-corrected chi connectivity index (χ4v) is 1.60. The minimum absolute atomic E-state index is 0.471. The number of aromatic nitrogens is 3. The molecule has 0 unspecified atom stereocenters. The maximum atomic E-state index is 5.62. The van der Waals surface area contributed by atoms with Crippen LogP contribution in [0.4, 0.5) is 5.95 Å². The van der Waals surface area contributed by atoms with Gasteiger partial charge in [0.05, 0.1) is 0 Å². The van der Waals surface area contributed by atoms with Gasteiger partial charge in [-0.2, -0.15) is 0 Å². The summed E-state index contributed by atoms with van der Waals surface area (Å²) in [6.45, 7) is 2.09. The van der Waals surface area contributed by atoms with Crippen LogP contribution in [-0.2, 0) is 19.9 Å². The molecule has 0 aliphatic carbocycles. The maximum Gasteiger partial charge on any atom is 0.221 e. The van der Waals surface area contributed by atoms with E-state index in [1.807, 2.05) is 11.6 Å². The molecule has 2 N–H and O–H groups in total. The normalized spacial score (nSPS) is 10.6. The first-order valence-electron chi connectivity index (χ1n) is 5.36. The molecule has 4 heteroatoms. The van der Waals surface area contributed by atoms with Crippen LogP contribution >= 0.6 is 0 Å². The van der Waals surface area contributed by atoms with Gasteiger partial charge in [0.2, 0.25) is 5.95 Å². The molecule has 0 saturated carbocycles. The Morgan fingerprint density at radius 2 is 1.81 bits per heavy atom. The Kier molecular flexibility index (Phi) is 2.90. The molecular formula is C12H16N4. The van der Waals surface area contributed by atoms with Crippen molar-refractivity contribution in [2.75, 3.05) is 5.73 Å². The highest BCUT2D eigenvalue weighted by atomic mass is 15.3. The molecule has 4 nitrogen and oxygen atoms in total. The molecule has 0 saturated heterocycles. The summed E-state index contributed by atoms with van der Waals surface area (Å²) >= 11 is 0. The molecule has 84 valence electrons. The highest BCUT2D eigenvalue weighted by Gasteiger charge is 2.05. The summed E-state index contributed by atoms with van der Waals surface area (Å²) in [5.74, 6) is 1.40. The van der Waals surface area contributed by atoms with Crippen molar-refractivity contribution >= 4 is 5.95 Å². The van der Waals surface area contributed by atoms with Crippen LogP contribution in [0.25, 0.3) is 0 Å². The maximum absolute atomic E-state index is 5.62. The predicted octanol–water partition coefficient (Wildman–Crippen LogP) is 1.49. The zero-order chi connectivity index (χ0) is 11.5. The van der Waals surface area contributed by atoms with E-state index >= 15 is 0 Å². The van der Waals surface area contributed by atoms with E-state index in [1.54, 1.807) is 0 Å². The highest BCUT2D eigenvalue weighted by Crippen LogP contribution is 2.08. The molecule has 2 aromatic rings. The smallest absolute Gasteiger partial charge is 0.221 e. The van der Waals surface area contributed by atoms with Crippen LogP contribution in [0.5, 0.6) is 0 Å². The molecule has 1 heterocycles. The van der Waals surface area contributed by atoms with Gasteiger partial charge in [0.25, 0.3) is 0 Å². The van der Waals surface area contributed by atoms with E-state index in [-0.39, 0.29) is 0 Å². The summed E-state index contributed by atoms with van der Waals surface area (Å²) in [7, 11) is 1.89. The van der Waals surface area contributed by atoms with Gasteiger partial charge in [-0.1, -0.05) is 29.8 Å². The molecule has 16 heavy (non-hydrogen) atoms. The second-order valence-corrected chi connectivity index (χ2v) is 4.02. The Balaban J connectivity index is 2.02. The molecule has 0 spiro atoms. The molecule has 0 amide bonds. The number of nitrogen functional groups attached to an aromatic ring is 1. The fourth-order valence-electron chi connectivity index (χ4n) is 1.60. The number of hydrogen-bond acceptors (Lipinski definition) is 3. The van der Waals surface area contributed by atoms with Crippen molar-refractivity contribution in [3.05, 3.63) is 41.2 Å². The van der Waals surface area contributed by atoms with Gasteiger partial charge in [0, 0.05) is 13.5 Å². The molecular weight excluding hydrogens is 200 g/mol. The van der Waals surface area contributed by atoms with Crippen LogP contribution in [0.3, 0.4) is 0 Å². The number of anilines is 1. The lowest BCUT2D eigenvalue weighted by atomic mass is 10.1. The predicted molar refractivity (Wildman–Crippen MR) is 64.0 cm³/mol. The van der Waals surface area contributed by atoms with E-state index in [2.05, 4.69) is 41.4 Å². The number of nitrogens with two attached hydrogens (primary N) is 1. The van der Waals surface area contributed by atoms with Gasteiger partial charge in [-0.3, -0.25) is 0 Å². The third kappa shape index (κ3) is 2.21. The first-order valence-corrected chi connectivity index (χ1v) is 5.36. The molecule has 1 aromatic heterocycles. The topological polar surface area (TPSA) is 56.7 Å². The van der Waals surface area contributed by atoms with Gasteiger partial charge in [0.15, 0.2) is 0 Å². The summed E-state index contributed by atoms with van der Waals surface area (Å²) in [4.78, 5) is 0. The molecule has 2 rings (SSSR count). The zero-order valence-electron chi connectivity index (χ0n) is 9.64. The lowest BCUT2D eigenvalue weighted by molar-refractivity contribution is 0.774. The molecule has 0 radical (unpaired) electrons. The van der Waals surface area contributed by atoms with E-state index in [4.69, 9.17) is 5.73 Å². The number of aryl methyl sites for hydroxylation is 3. The Morgan fingerprint density at radius 3 is 2.38 bits per heavy atom. The number of hydrogen-bond donors (Lipinski definition) is 1. The monoisotopic (exact) mass is 216 g/mol. The van der Waals surface area contributed by atoms with E-state index < -0.39 is 0 Å². The minimum Gasteiger partial charge on any atom is -0.368 e. The van der Waals surface area contributed by atoms with E-state index in [0.717, 1.165) is 18.7 Å². The summed E-state index contributed by atoms with van der Waals surface area (Å²) in [6, 6.07) is 8.55. The van der Waals surface area contributed by atoms with Crippen molar-refractivity contribution in [3.8, 4) is 0 Å². The summed E-state index contributed by atoms with van der Waals surface area (Å²) in [6.07, 6.45) is 1.83. The Hall–Kier alpha value is -1.84. The summed E-state index contributed by atoms with van der Waals surface area (Å²) < 4.78 is 1.83. The number of rotatable bonds is 3. The SMILES string of the molecule is Cc1ccc(CCc2nnc(N)n2C)cc1. The van der Waals surface area contributed by atoms with E-state index in [1.165, 1.54) is 11.1 Å². The molecule has 0 aliphatic rings. The molecule has 0 atom stereocenters. The summed E-state index contributed by atoms with van der Waals surface area (Å²) in [5, 5.41) is 7.87. The van der Waals surface area contributed by atoms with Gasteiger partial charge in [-0.25, -0.2) is 0 Å². The Bertz CT molecular complexity index is 470. The quantitative estimate of drug-likeness (QED) is 0.845. The minimum atomic E-state index is 0.471. The average Bonchev–Trinajstić information content (AvgIpc) is 2.60. The van der Waals surface area contributed by atoms with Crippen molar-refractivity contribution < 1.29 is 0 Å². The van der Waals surface area contributed by atoms with Gasteiger partial charge in [-0.05, 0) is 18.9 Å². The van der Waals surface area contributed by atoms with Gasteiger partial charge >= 0.3 is 0 Å². The first kappa shape index (κ1) is 10.7. The lowest BCUT2D eigenvalue weighted by Crippen LogP contribution is -2.03. The van der Waals surface area contributed by atoms with Crippen LogP contribution in [0.15, 0.2) is 24.3 Å². The van der Waals surface area contributed by atoms with Crippen molar-refractivity contribution in [2.45, 2.75) is 19.8 Å². The molecule has 0 bridgehead atoms. The Labute approximate surface area is 95.1 Å². The van der Waals surface area contributed by atoms with Crippen molar-refractivity contribution in [1.82, 2.24) is 14.8 Å². The van der Waals surface area contributed by atoms with Crippen LogP contribution in [0, 0.1) is 6.92 Å². The van der Waals surface area contributed by atoms with Crippen molar-refractivity contribution in [2.24, 2.45) is 7.05 Å². The largest absolute Gasteiger partial charge is 0.368 e. The summed E-state index contributed by atoms with van der Waals surface area (Å²) in [5.41, 5.74) is 8.21. The third-order valence-corrected chi connectivity index (χ3v) is 2.76. The fraction of sp³-hybridized carbons (Fsp3) is 0.333. The lowest BCUT2D eigenvalue weighted by Gasteiger charge is -2.02. The van der Waals surface area contributed by atoms with Crippen LogP contribution in [0.1, 0.15) is 17.0 Å². The van der Waals surface area contributed by atoms with E-state index in [0.29, 0.717) is 5.95 Å². The van der Waals surface area contributed by atoms with Crippen LogP contribution in [0.2, 0.25) is 0 Å². The van der Waals surface area contributed by atoms with Crippen LogP contribution < -0.4 is 5.73 Å². The van der Waals surface area contributed by atoms with E-state index in [9.17, 15) is 0 Å². The molecule has 0 fully saturated rings. The zero-order valence-corrected chi connectivity index (χ0v) is 9.64. The molecule has 0 aliphatic heterocycles. The second kappa shape index (κ2) is 4.35. The molecule has 1 aromatic carbocycles. The standard InChI is InChI=1S/C12H16N4/c1-9-3-5-10(6-4-9)7-8-11-14-15-12(13)16(11)2/h3-6H,7-8H2,1-2H3,(H2,13,15). The van der Waals surface area contributed by atoms with Crippen molar-refractivity contribution in [1.29, 1.82) is 0 Å². The van der Waals surface area contributed by atoms with Crippen LogP contribution in [-0.4, -0.2) is 14.8 Å². The van der Waals surface area contributed by atoms with Gasteiger partial charge in [0.1, 0.15) is 5.82 Å². The Morgan fingerprint density at radius 1 is 1.12 bits per heavy atom. The average molecular weight is 216 g/mol. The number of benzene rings is 1. The number of nitrogens with zero attached hydrogens (tertiary/aromatic N) is 3. The second-order valence-electron chi connectivity index (χ2n) is 4.02. The van der Waals surface area contributed by atoms with Crippen molar-refractivity contribution in [3.63, 3.8) is 0 Å². The van der Waals surface area contributed by atoms with Gasteiger partial charge in [-0.15, -0.1) is 10.2 Å². The first-order chi connectivity index (χ1) is 7.66. The van der Waals surface area contributed by atoms with Gasteiger partial charge < -0.3 is 10.3 Å².